The molecule has 0 radical (unpaired) electrons. The van der Waals surface area contributed by atoms with E-state index in [9.17, 15) is 8.78 Å². The van der Waals surface area contributed by atoms with Crippen molar-refractivity contribution in [1.29, 1.82) is 0 Å². The Morgan fingerprint density at radius 1 is 0.581 bits per heavy atom. The normalized spacial score (nSPS) is 16.8. The van der Waals surface area contributed by atoms with Gasteiger partial charge in [-0.3, -0.25) is 0 Å². The van der Waals surface area contributed by atoms with Gasteiger partial charge in [-0.1, -0.05) is 88.2 Å². The Balaban J connectivity index is 0.000000994. The summed E-state index contributed by atoms with van der Waals surface area (Å²) in [5, 5.41) is 0. The van der Waals surface area contributed by atoms with Gasteiger partial charge in [0.15, 0.2) is 0 Å². The summed E-state index contributed by atoms with van der Waals surface area (Å²) in [6, 6.07) is 22.2. The molecule has 2 aliphatic carbocycles. The minimum Gasteiger partial charge on any atom is -0.207 e. The van der Waals surface area contributed by atoms with Crippen molar-refractivity contribution >= 4 is 31.9 Å². The second-order valence-electron chi connectivity index (χ2n) is 7.46. The van der Waals surface area contributed by atoms with E-state index in [2.05, 4.69) is 50.1 Å². The topological polar surface area (TPSA) is 0 Å². The molecule has 0 amide bonds. The third kappa shape index (κ3) is 2.61. The Kier molecular flexibility index (Phi) is 4.91. The van der Waals surface area contributed by atoms with E-state index in [-0.39, 0.29) is 11.6 Å². The van der Waals surface area contributed by atoms with E-state index in [4.69, 9.17) is 0 Å². The highest BCUT2D eigenvalue weighted by Gasteiger charge is 2.52. The Hall–Kier alpha value is -2.30. The SMILES string of the molecule is CC.Fc1ccc2c(c1)C1(c3ccccc3-c3c(Br)cccc31)c1cc(F)cc(Br)c1-2. The zero-order valence-electron chi connectivity index (χ0n) is 16.9. The van der Waals surface area contributed by atoms with E-state index < -0.39 is 5.41 Å². The van der Waals surface area contributed by atoms with Gasteiger partial charge in [-0.2, -0.15) is 0 Å². The molecule has 0 aromatic heterocycles. The van der Waals surface area contributed by atoms with Gasteiger partial charge in [-0.15, -0.1) is 0 Å². The predicted octanol–water partition coefficient (Wildman–Crippen LogP) is 8.86. The highest BCUT2D eigenvalue weighted by atomic mass is 79.9. The first-order valence-electron chi connectivity index (χ1n) is 10.2. The molecule has 1 unspecified atom stereocenters. The first-order valence-corrected chi connectivity index (χ1v) is 11.8. The Bertz CT molecular complexity index is 1360. The van der Waals surface area contributed by atoms with Crippen molar-refractivity contribution in [3.8, 4) is 22.3 Å². The fourth-order valence-electron chi connectivity index (χ4n) is 5.20. The van der Waals surface area contributed by atoms with Crippen LogP contribution in [0.15, 0.2) is 81.7 Å². The lowest BCUT2D eigenvalue weighted by Crippen LogP contribution is -2.26. The summed E-state index contributed by atoms with van der Waals surface area (Å²) < 4.78 is 30.9. The fraction of sp³-hybridized carbons (Fsp3) is 0.111. The number of halogens is 4. The average molecular weight is 540 g/mol. The summed E-state index contributed by atoms with van der Waals surface area (Å²) in [6.07, 6.45) is 0. The highest BCUT2D eigenvalue weighted by Crippen LogP contribution is 2.64. The van der Waals surface area contributed by atoms with Crippen LogP contribution in [0, 0.1) is 11.6 Å². The molecule has 0 saturated heterocycles. The van der Waals surface area contributed by atoms with E-state index in [1.54, 1.807) is 18.2 Å². The van der Waals surface area contributed by atoms with Gasteiger partial charge >= 0.3 is 0 Å². The van der Waals surface area contributed by atoms with Crippen molar-refractivity contribution in [2.75, 3.05) is 0 Å². The van der Waals surface area contributed by atoms with Gasteiger partial charge in [-0.05, 0) is 63.7 Å². The van der Waals surface area contributed by atoms with Crippen molar-refractivity contribution in [1.82, 2.24) is 0 Å². The molecule has 2 aliphatic rings. The summed E-state index contributed by atoms with van der Waals surface area (Å²) in [7, 11) is 0. The molecule has 1 atom stereocenters. The van der Waals surface area contributed by atoms with E-state index >= 15 is 0 Å². The van der Waals surface area contributed by atoms with Crippen LogP contribution in [0.4, 0.5) is 8.78 Å². The smallest absolute Gasteiger partial charge is 0.124 e. The molecule has 0 aliphatic heterocycles. The molecule has 1 spiro atoms. The average Bonchev–Trinajstić information content (AvgIpc) is 3.22. The van der Waals surface area contributed by atoms with E-state index in [0.29, 0.717) is 4.47 Å². The van der Waals surface area contributed by atoms with Crippen molar-refractivity contribution in [2.45, 2.75) is 19.3 Å². The quantitative estimate of drug-likeness (QED) is 0.181. The number of fused-ring (bicyclic) bond motifs is 10. The molecule has 0 heterocycles. The van der Waals surface area contributed by atoms with Gasteiger partial charge in [0, 0.05) is 20.1 Å². The highest BCUT2D eigenvalue weighted by molar-refractivity contribution is 9.11. The zero-order valence-corrected chi connectivity index (χ0v) is 20.1. The maximum atomic E-state index is 14.7. The van der Waals surface area contributed by atoms with Crippen molar-refractivity contribution in [3.05, 3.63) is 116 Å². The maximum Gasteiger partial charge on any atom is 0.124 e. The predicted molar refractivity (Wildman–Crippen MR) is 129 cm³/mol. The van der Waals surface area contributed by atoms with Crippen LogP contribution < -0.4 is 0 Å². The summed E-state index contributed by atoms with van der Waals surface area (Å²) >= 11 is 7.28. The van der Waals surface area contributed by atoms with Gasteiger partial charge in [0.2, 0.25) is 0 Å². The van der Waals surface area contributed by atoms with Gasteiger partial charge < -0.3 is 0 Å². The maximum absolute atomic E-state index is 14.7. The zero-order chi connectivity index (χ0) is 21.9. The largest absolute Gasteiger partial charge is 0.207 e. The molecule has 4 heteroatoms. The Morgan fingerprint density at radius 2 is 1.23 bits per heavy atom. The van der Waals surface area contributed by atoms with E-state index in [1.165, 1.54) is 12.1 Å². The molecule has 31 heavy (non-hydrogen) atoms. The number of hydrogen-bond donors (Lipinski definition) is 0. The second-order valence-corrected chi connectivity index (χ2v) is 9.17. The van der Waals surface area contributed by atoms with Gasteiger partial charge in [0.05, 0.1) is 5.41 Å². The second kappa shape index (κ2) is 7.39. The van der Waals surface area contributed by atoms with Crippen molar-refractivity contribution in [2.24, 2.45) is 0 Å². The molecule has 4 aromatic rings. The van der Waals surface area contributed by atoms with Gasteiger partial charge in [-0.25, -0.2) is 8.78 Å². The molecule has 0 bridgehead atoms. The van der Waals surface area contributed by atoms with E-state index in [0.717, 1.165) is 49.0 Å². The third-order valence-electron chi connectivity index (χ3n) is 6.13. The first-order chi connectivity index (χ1) is 15.0. The minimum absolute atomic E-state index is 0.298. The molecule has 0 saturated carbocycles. The van der Waals surface area contributed by atoms with Crippen LogP contribution in [-0.4, -0.2) is 0 Å². The molecule has 154 valence electrons. The lowest BCUT2D eigenvalue weighted by atomic mass is 9.70. The number of benzene rings is 4. The summed E-state index contributed by atoms with van der Waals surface area (Å²) in [6.45, 7) is 4.00. The van der Waals surface area contributed by atoms with Gasteiger partial charge in [0.25, 0.3) is 0 Å². The lowest BCUT2D eigenvalue weighted by Gasteiger charge is -2.30. The summed E-state index contributed by atoms with van der Waals surface area (Å²) in [5.41, 5.74) is 7.02. The Labute approximate surface area is 197 Å². The summed E-state index contributed by atoms with van der Waals surface area (Å²) in [4.78, 5) is 0. The van der Waals surface area contributed by atoms with Crippen LogP contribution in [0.2, 0.25) is 0 Å². The third-order valence-corrected chi connectivity index (χ3v) is 7.42. The number of hydrogen-bond acceptors (Lipinski definition) is 0. The molecular weight excluding hydrogens is 522 g/mol. The van der Waals surface area contributed by atoms with Crippen LogP contribution in [0.1, 0.15) is 36.1 Å². The monoisotopic (exact) mass is 538 g/mol. The van der Waals surface area contributed by atoms with Crippen LogP contribution in [0.5, 0.6) is 0 Å². The van der Waals surface area contributed by atoms with Gasteiger partial charge in [0.1, 0.15) is 11.6 Å². The number of rotatable bonds is 0. The van der Waals surface area contributed by atoms with Crippen LogP contribution in [0.25, 0.3) is 22.3 Å². The van der Waals surface area contributed by atoms with Crippen LogP contribution in [0.3, 0.4) is 0 Å². The van der Waals surface area contributed by atoms with E-state index in [1.807, 2.05) is 38.1 Å². The molecule has 0 nitrogen and oxygen atoms in total. The lowest BCUT2D eigenvalue weighted by molar-refractivity contribution is 0.617. The van der Waals surface area contributed by atoms with Crippen molar-refractivity contribution < 1.29 is 8.78 Å². The fourth-order valence-corrected chi connectivity index (χ4v) is 6.42. The molecule has 4 aromatic carbocycles. The molecular formula is C27H18Br2F2. The van der Waals surface area contributed by atoms with Crippen LogP contribution in [-0.2, 0) is 5.41 Å². The van der Waals surface area contributed by atoms with Crippen LogP contribution >= 0.6 is 31.9 Å². The molecule has 0 fully saturated rings. The standard InChI is InChI=1S/C25H12Br2F2.C2H6/c26-21-7-3-6-18-23(21)15-4-1-2-5-17(15)25(18)19-10-13(28)8-9-16(19)24-20(25)11-14(29)12-22(24)27;1-2/h1-12H;1-2H3. The Morgan fingerprint density at radius 3 is 2.03 bits per heavy atom. The molecule has 6 rings (SSSR count). The first kappa shape index (κ1) is 20.6. The minimum atomic E-state index is -0.757. The summed E-state index contributed by atoms with van der Waals surface area (Å²) in [5.74, 6) is -0.613. The van der Waals surface area contributed by atoms with Crippen molar-refractivity contribution in [3.63, 3.8) is 0 Å². The molecule has 0 N–H and O–H groups in total.